The summed E-state index contributed by atoms with van der Waals surface area (Å²) in [7, 11) is 2.09. The molecule has 3 rings (SSSR count). The van der Waals surface area contributed by atoms with Crippen molar-refractivity contribution in [3.8, 4) is 0 Å². The molecule has 128 valence electrons. The molecule has 0 atom stereocenters. The first-order chi connectivity index (χ1) is 11.1. The Morgan fingerprint density at radius 2 is 1.91 bits per heavy atom. The predicted molar refractivity (Wildman–Crippen MR) is 90.3 cm³/mol. The summed E-state index contributed by atoms with van der Waals surface area (Å²) in [4.78, 5) is 21.1. The third kappa shape index (κ3) is 3.93. The van der Waals surface area contributed by atoms with Crippen LogP contribution in [-0.4, -0.2) is 58.5 Å². The van der Waals surface area contributed by atoms with E-state index in [2.05, 4.69) is 26.4 Å². The third-order valence-electron chi connectivity index (χ3n) is 5.05. The van der Waals surface area contributed by atoms with Gasteiger partial charge in [0.25, 0.3) is 5.91 Å². The van der Waals surface area contributed by atoms with Gasteiger partial charge in [0.15, 0.2) is 5.69 Å². The fourth-order valence-corrected chi connectivity index (χ4v) is 3.83. The molecule has 0 spiro atoms. The number of amides is 1. The van der Waals surface area contributed by atoms with Crippen LogP contribution >= 0.6 is 0 Å². The fourth-order valence-electron chi connectivity index (χ4n) is 3.83. The largest absolute Gasteiger partial charge is 0.364 e. The van der Waals surface area contributed by atoms with Gasteiger partial charge in [-0.15, -0.1) is 0 Å². The van der Waals surface area contributed by atoms with Gasteiger partial charge >= 0.3 is 0 Å². The molecule has 6 heteroatoms. The fraction of sp³-hybridized carbons (Fsp3) is 0.765. The van der Waals surface area contributed by atoms with Gasteiger partial charge in [0.2, 0.25) is 0 Å². The number of piperidine rings is 1. The number of imidazole rings is 1. The number of hydrogen-bond acceptors (Lipinski definition) is 4. The molecule has 1 aromatic rings. The molecule has 1 amide bonds. The maximum atomic E-state index is 11.7. The molecule has 2 aliphatic heterocycles. The van der Waals surface area contributed by atoms with E-state index in [9.17, 15) is 4.79 Å². The number of hydrogen-bond donors (Lipinski definition) is 1. The summed E-state index contributed by atoms with van der Waals surface area (Å²) in [5, 5.41) is 0. The molecule has 0 saturated carbocycles. The van der Waals surface area contributed by atoms with Gasteiger partial charge < -0.3 is 20.1 Å². The van der Waals surface area contributed by atoms with Crippen molar-refractivity contribution in [2.24, 2.45) is 5.73 Å². The summed E-state index contributed by atoms with van der Waals surface area (Å²) in [5.74, 6) is 0.646. The molecule has 1 fully saturated rings. The number of nitrogens with two attached hydrogens (primary N) is 1. The second-order valence-electron chi connectivity index (χ2n) is 6.94. The van der Waals surface area contributed by atoms with Gasteiger partial charge in [0.05, 0.1) is 5.69 Å². The zero-order valence-electron chi connectivity index (χ0n) is 14.3. The van der Waals surface area contributed by atoms with Crippen LogP contribution in [0, 0.1) is 0 Å². The summed E-state index contributed by atoms with van der Waals surface area (Å²) >= 11 is 0. The lowest BCUT2D eigenvalue weighted by molar-refractivity contribution is 0.0994. The minimum Gasteiger partial charge on any atom is -0.364 e. The van der Waals surface area contributed by atoms with E-state index in [1.807, 2.05) is 0 Å². The Bertz CT molecular complexity index is 547. The molecule has 0 unspecified atom stereocenters. The maximum Gasteiger partial charge on any atom is 0.269 e. The second-order valence-corrected chi connectivity index (χ2v) is 6.94. The SMILES string of the molecule is CN1CCCn2c(CCCN3CCCCC3)nc(C(N)=O)c2C1. The van der Waals surface area contributed by atoms with Crippen molar-refractivity contribution < 1.29 is 4.79 Å². The van der Waals surface area contributed by atoms with Crippen LogP contribution in [0.15, 0.2) is 0 Å². The number of likely N-dealkylation sites (tertiary alicyclic amines) is 1. The highest BCUT2D eigenvalue weighted by Crippen LogP contribution is 2.19. The summed E-state index contributed by atoms with van der Waals surface area (Å²) in [5.41, 5.74) is 7.04. The molecule has 23 heavy (non-hydrogen) atoms. The Hall–Kier alpha value is -1.40. The Morgan fingerprint density at radius 1 is 1.13 bits per heavy atom. The molecule has 0 bridgehead atoms. The van der Waals surface area contributed by atoms with E-state index < -0.39 is 5.91 Å². The normalized spacial score (nSPS) is 20.2. The van der Waals surface area contributed by atoms with Crippen LogP contribution in [0.2, 0.25) is 0 Å². The number of carbonyl (C=O) groups excluding carboxylic acids is 1. The molecule has 2 aliphatic rings. The predicted octanol–water partition coefficient (Wildman–Crippen LogP) is 1.24. The summed E-state index contributed by atoms with van der Waals surface area (Å²) < 4.78 is 2.25. The van der Waals surface area contributed by atoms with Gasteiger partial charge in [-0.2, -0.15) is 0 Å². The average molecular weight is 319 g/mol. The molecule has 6 nitrogen and oxygen atoms in total. The molecular weight excluding hydrogens is 290 g/mol. The van der Waals surface area contributed by atoms with Crippen molar-refractivity contribution in [3.63, 3.8) is 0 Å². The van der Waals surface area contributed by atoms with Gasteiger partial charge in [-0.1, -0.05) is 6.42 Å². The van der Waals surface area contributed by atoms with E-state index >= 15 is 0 Å². The minimum absolute atomic E-state index is 0.397. The van der Waals surface area contributed by atoms with Crippen molar-refractivity contribution in [2.45, 2.75) is 51.6 Å². The molecule has 1 aromatic heterocycles. The smallest absolute Gasteiger partial charge is 0.269 e. The zero-order valence-corrected chi connectivity index (χ0v) is 14.3. The van der Waals surface area contributed by atoms with Crippen molar-refractivity contribution in [3.05, 3.63) is 17.2 Å². The molecule has 3 heterocycles. The van der Waals surface area contributed by atoms with Crippen LogP contribution in [0.1, 0.15) is 54.1 Å². The van der Waals surface area contributed by atoms with E-state index in [-0.39, 0.29) is 0 Å². The van der Waals surface area contributed by atoms with E-state index in [1.165, 1.54) is 32.4 Å². The summed E-state index contributed by atoms with van der Waals surface area (Å²) in [6, 6.07) is 0. The van der Waals surface area contributed by atoms with E-state index in [1.54, 1.807) is 0 Å². The molecule has 0 aromatic carbocycles. The van der Waals surface area contributed by atoms with Crippen LogP contribution in [0.5, 0.6) is 0 Å². The van der Waals surface area contributed by atoms with Crippen LogP contribution < -0.4 is 5.73 Å². The van der Waals surface area contributed by atoms with Crippen LogP contribution in [0.25, 0.3) is 0 Å². The molecular formula is C17H29N5O. The lowest BCUT2D eigenvalue weighted by Crippen LogP contribution is -2.30. The van der Waals surface area contributed by atoms with Crippen molar-refractivity contribution in [2.75, 3.05) is 33.2 Å². The summed E-state index contributed by atoms with van der Waals surface area (Å²) in [6.07, 6.45) is 7.16. The van der Waals surface area contributed by atoms with Crippen LogP contribution in [0.3, 0.4) is 0 Å². The van der Waals surface area contributed by atoms with Gasteiger partial charge in [-0.25, -0.2) is 4.98 Å². The number of primary amides is 1. The molecule has 0 aliphatic carbocycles. The Balaban J connectivity index is 1.68. The van der Waals surface area contributed by atoms with Crippen LogP contribution in [0.4, 0.5) is 0 Å². The highest BCUT2D eigenvalue weighted by molar-refractivity contribution is 5.92. The first-order valence-corrected chi connectivity index (χ1v) is 8.94. The number of aromatic nitrogens is 2. The van der Waals surface area contributed by atoms with Crippen molar-refractivity contribution in [1.29, 1.82) is 0 Å². The Labute approximate surface area is 138 Å². The first kappa shape index (κ1) is 16.5. The lowest BCUT2D eigenvalue weighted by Gasteiger charge is -2.26. The molecule has 2 N–H and O–H groups in total. The first-order valence-electron chi connectivity index (χ1n) is 8.94. The lowest BCUT2D eigenvalue weighted by atomic mass is 10.1. The molecule has 0 radical (unpaired) electrons. The van der Waals surface area contributed by atoms with Crippen molar-refractivity contribution >= 4 is 5.91 Å². The third-order valence-corrected chi connectivity index (χ3v) is 5.05. The number of nitrogens with zero attached hydrogens (tertiary/aromatic N) is 4. The van der Waals surface area contributed by atoms with E-state index in [0.29, 0.717) is 5.69 Å². The maximum absolute atomic E-state index is 11.7. The van der Waals surface area contributed by atoms with Gasteiger partial charge in [-0.3, -0.25) is 4.79 Å². The zero-order chi connectivity index (χ0) is 16.2. The van der Waals surface area contributed by atoms with Gasteiger partial charge in [0.1, 0.15) is 5.82 Å². The van der Waals surface area contributed by atoms with E-state index in [0.717, 1.165) is 57.0 Å². The second kappa shape index (κ2) is 7.45. The Morgan fingerprint density at radius 3 is 2.65 bits per heavy atom. The average Bonchev–Trinajstić information content (AvgIpc) is 2.75. The Kier molecular flexibility index (Phi) is 5.33. The van der Waals surface area contributed by atoms with E-state index in [4.69, 9.17) is 5.73 Å². The number of fused-ring (bicyclic) bond motifs is 1. The van der Waals surface area contributed by atoms with Gasteiger partial charge in [0, 0.05) is 19.5 Å². The number of aryl methyl sites for hydroxylation is 1. The standard InChI is InChI=1S/C17H29N5O/c1-20-8-6-12-22-14(13-20)16(17(18)23)19-15(22)7-5-11-21-9-3-2-4-10-21/h2-13H2,1H3,(H2,18,23). The molecule has 1 saturated heterocycles. The van der Waals surface area contributed by atoms with Crippen LogP contribution in [-0.2, 0) is 19.5 Å². The summed E-state index contributed by atoms with van der Waals surface area (Å²) in [6.45, 7) is 6.35. The van der Waals surface area contributed by atoms with Gasteiger partial charge in [-0.05, 0) is 58.9 Å². The number of rotatable bonds is 5. The highest BCUT2D eigenvalue weighted by atomic mass is 16.1. The van der Waals surface area contributed by atoms with Crippen molar-refractivity contribution in [1.82, 2.24) is 19.4 Å². The monoisotopic (exact) mass is 319 g/mol. The highest BCUT2D eigenvalue weighted by Gasteiger charge is 2.23. The quantitative estimate of drug-likeness (QED) is 0.886. The minimum atomic E-state index is -0.397. The topological polar surface area (TPSA) is 67.4 Å². The number of carbonyl (C=O) groups is 1.